The first kappa shape index (κ1) is 22.5. The number of ether oxygens (including phenoxy) is 3. The minimum atomic E-state index is -0.390. The maximum Gasteiger partial charge on any atom is 0.162 e. The van der Waals surface area contributed by atoms with Gasteiger partial charge in [-0.3, -0.25) is 0 Å². The van der Waals surface area contributed by atoms with E-state index in [0.29, 0.717) is 39.4 Å². The Morgan fingerprint density at radius 1 is 0.867 bits per heavy atom. The first-order chi connectivity index (χ1) is 14.4. The van der Waals surface area contributed by atoms with Crippen molar-refractivity contribution >= 4 is 44.8 Å². The zero-order valence-corrected chi connectivity index (χ0v) is 19.4. The van der Waals surface area contributed by atoms with Crippen molar-refractivity contribution in [3.63, 3.8) is 0 Å². The molecule has 3 aromatic carbocycles. The van der Waals surface area contributed by atoms with Crippen LogP contribution in [0.1, 0.15) is 11.1 Å². The van der Waals surface area contributed by atoms with Crippen LogP contribution in [0.25, 0.3) is 0 Å². The van der Waals surface area contributed by atoms with Crippen molar-refractivity contribution in [1.82, 2.24) is 0 Å². The topological polar surface area (TPSA) is 39.7 Å². The molecule has 0 saturated carbocycles. The third-order valence-electron chi connectivity index (χ3n) is 4.37. The molecule has 0 amide bonds. The van der Waals surface area contributed by atoms with Gasteiger partial charge in [-0.2, -0.15) is 0 Å². The van der Waals surface area contributed by atoms with Crippen molar-refractivity contribution < 1.29 is 18.6 Å². The van der Waals surface area contributed by atoms with Crippen molar-refractivity contribution in [3.05, 3.63) is 80.0 Å². The van der Waals surface area contributed by atoms with E-state index in [1.807, 2.05) is 18.2 Å². The van der Waals surface area contributed by atoms with Crippen LogP contribution in [0.3, 0.4) is 0 Å². The summed E-state index contributed by atoms with van der Waals surface area (Å²) in [7, 11) is 3.15. The summed E-state index contributed by atoms with van der Waals surface area (Å²) in [5, 5.41) is 4.16. The number of benzene rings is 3. The summed E-state index contributed by atoms with van der Waals surface area (Å²) in [5.74, 6) is 1.34. The number of halogens is 4. The van der Waals surface area contributed by atoms with Gasteiger partial charge < -0.3 is 19.5 Å². The van der Waals surface area contributed by atoms with Crippen LogP contribution in [0.4, 0.5) is 10.1 Å². The second-order valence-electron chi connectivity index (χ2n) is 6.32. The van der Waals surface area contributed by atoms with Gasteiger partial charge in [0.25, 0.3) is 0 Å². The number of nitrogens with one attached hydrogen (secondary N) is 1. The lowest BCUT2D eigenvalue weighted by atomic mass is 10.2. The average Bonchev–Trinajstić information content (AvgIpc) is 2.72. The Bertz CT molecular complexity index is 1050. The highest BCUT2D eigenvalue weighted by molar-refractivity contribution is 9.10. The van der Waals surface area contributed by atoms with Gasteiger partial charge in [-0.25, -0.2) is 4.39 Å². The van der Waals surface area contributed by atoms with E-state index in [2.05, 4.69) is 21.2 Å². The monoisotopic (exact) mass is 513 g/mol. The summed E-state index contributed by atoms with van der Waals surface area (Å²) < 4.78 is 30.6. The molecular formula is C22H19BrCl2FNO3. The van der Waals surface area contributed by atoms with Gasteiger partial charge in [-0.15, -0.1) is 0 Å². The second kappa shape index (κ2) is 10.2. The molecule has 3 rings (SSSR count). The van der Waals surface area contributed by atoms with Crippen LogP contribution in [-0.4, -0.2) is 14.2 Å². The molecule has 30 heavy (non-hydrogen) atoms. The smallest absolute Gasteiger partial charge is 0.162 e. The molecule has 4 nitrogen and oxygen atoms in total. The van der Waals surface area contributed by atoms with E-state index in [9.17, 15) is 4.39 Å². The van der Waals surface area contributed by atoms with E-state index in [1.54, 1.807) is 32.4 Å². The Kier molecular flexibility index (Phi) is 7.69. The van der Waals surface area contributed by atoms with E-state index in [4.69, 9.17) is 37.4 Å². The predicted molar refractivity (Wildman–Crippen MR) is 122 cm³/mol. The highest BCUT2D eigenvalue weighted by atomic mass is 79.9. The van der Waals surface area contributed by atoms with E-state index in [1.165, 1.54) is 12.1 Å². The van der Waals surface area contributed by atoms with Gasteiger partial charge in [-0.1, -0.05) is 45.2 Å². The van der Waals surface area contributed by atoms with Crippen molar-refractivity contribution in [3.8, 4) is 17.2 Å². The fourth-order valence-electron chi connectivity index (χ4n) is 2.75. The summed E-state index contributed by atoms with van der Waals surface area (Å²) in [6.45, 7) is 0.716. The molecular weight excluding hydrogens is 496 g/mol. The summed E-state index contributed by atoms with van der Waals surface area (Å²) in [4.78, 5) is 0. The number of hydrogen-bond acceptors (Lipinski definition) is 4. The highest BCUT2D eigenvalue weighted by Gasteiger charge is 2.12. The molecule has 0 aromatic heterocycles. The zero-order valence-electron chi connectivity index (χ0n) is 16.3. The van der Waals surface area contributed by atoms with Crippen LogP contribution in [0.5, 0.6) is 17.2 Å². The number of hydrogen-bond donors (Lipinski definition) is 1. The van der Waals surface area contributed by atoms with Crippen LogP contribution in [0, 0.1) is 5.82 Å². The average molecular weight is 515 g/mol. The van der Waals surface area contributed by atoms with Gasteiger partial charge in [-0.05, 0) is 48.0 Å². The molecule has 0 radical (unpaired) electrons. The van der Waals surface area contributed by atoms with Gasteiger partial charge in [0, 0.05) is 22.3 Å². The molecule has 0 saturated heterocycles. The first-order valence-corrected chi connectivity index (χ1v) is 10.5. The summed E-state index contributed by atoms with van der Waals surface area (Å²) in [5.41, 5.74) is 2.50. The minimum Gasteiger partial charge on any atom is -0.495 e. The van der Waals surface area contributed by atoms with Crippen LogP contribution in [0.2, 0.25) is 10.0 Å². The first-order valence-electron chi connectivity index (χ1n) is 8.91. The van der Waals surface area contributed by atoms with Crippen LogP contribution >= 0.6 is 39.1 Å². The standard InChI is InChI=1S/C22H19BrCl2FNO3/c1-28-20-6-5-16(9-19(20)25)27-11-14-7-21(29-2)22(10-17(14)23)30-12-13-3-4-15(26)8-18(13)24/h3-10,27H,11-12H2,1-2H3. The largest absolute Gasteiger partial charge is 0.495 e. The van der Waals surface area contributed by atoms with E-state index in [0.717, 1.165) is 15.7 Å². The molecule has 0 bridgehead atoms. The van der Waals surface area contributed by atoms with Crippen molar-refractivity contribution in [2.75, 3.05) is 19.5 Å². The van der Waals surface area contributed by atoms with Gasteiger partial charge in [0.1, 0.15) is 18.2 Å². The van der Waals surface area contributed by atoms with Gasteiger partial charge in [0.05, 0.1) is 24.3 Å². The Morgan fingerprint density at radius 2 is 1.63 bits per heavy atom. The molecule has 0 atom stereocenters. The quantitative estimate of drug-likeness (QED) is 0.348. The molecule has 0 aliphatic rings. The molecule has 0 heterocycles. The van der Waals surface area contributed by atoms with Crippen molar-refractivity contribution in [2.24, 2.45) is 0 Å². The zero-order chi connectivity index (χ0) is 21.7. The summed E-state index contributed by atoms with van der Waals surface area (Å²) in [6.07, 6.45) is 0. The van der Waals surface area contributed by atoms with Crippen LogP contribution in [-0.2, 0) is 13.2 Å². The molecule has 0 unspecified atom stereocenters. The Balaban J connectivity index is 1.72. The maximum absolute atomic E-state index is 13.2. The predicted octanol–water partition coefficient (Wildman–Crippen LogP) is 7.10. The SMILES string of the molecule is COc1ccc(NCc2cc(OC)c(OCc3ccc(F)cc3Cl)cc2Br)cc1Cl. The lowest BCUT2D eigenvalue weighted by Crippen LogP contribution is -2.03. The van der Waals surface area contributed by atoms with Crippen molar-refractivity contribution in [1.29, 1.82) is 0 Å². The summed E-state index contributed by atoms with van der Waals surface area (Å²) >= 11 is 15.8. The number of rotatable bonds is 8. The lowest BCUT2D eigenvalue weighted by molar-refractivity contribution is 0.284. The third-order valence-corrected chi connectivity index (χ3v) is 5.75. The third kappa shape index (κ3) is 5.50. The highest BCUT2D eigenvalue weighted by Crippen LogP contribution is 2.35. The second-order valence-corrected chi connectivity index (χ2v) is 7.99. The number of anilines is 1. The van der Waals surface area contributed by atoms with E-state index in [-0.39, 0.29) is 12.4 Å². The number of methoxy groups -OCH3 is 2. The minimum absolute atomic E-state index is 0.184. The van der Waals surface area contributed by atoms with Gasteiger partial charge >= 0.3 is 0 Å². The Hall–Kier alpha value is -2.15. The van der Waals surface area contributed by atoms with Gasteiger partial charge in [0.15, 0.2) is 11.5 Å². The molecule has 8 heteroatoms. The van der Waals surface area contributed by atoms with Gasteiger partial charge in [0.2, 0.25) is 0 Å². The van der Waals surface area contributed by atoms with E-state index < -0.39 is 0 Å². The van der Waals surface area contributed by atoms with Crippen LogP contribution in [0.15, 0.2) is 53.0 Å². The molecule has 1 N–H and O–H groups in total. The molecule has 158 valence electrons. The lowest BCUT2D eigenvalue weighted by Gasteiger charge is -2.15. The van der Waals surface area contributed by atoms with Crippen LogP contribution < -0.4 is 19.5 Å². The van der Waals surface area contributed by atoms with Crippen molar-refractivity contribution in [2.45, 2.75) is 13.2 Å². The molecule has 0 spiro atoms. The fraction of sp³-hybridized carbons (Fsp3) is 0.182. The molecule has 3 aromatic rings. The molecule has 0 aliphatic carbocycles. The Labute approximate surface area is 193 Å². The fourth-order valence-corrected chi connectivity index (χ4v) is 3.69. The summed E-state index contributed by atoms with van der Waals surface area (Å²) in [6, 6.07) is 13.4. The maximum atomic E-state index is 13.2. The van der Waals surface area contributed by atoms with E-state index >= 15 is 0 Å². The Morgan fingerprint density at radius 3 is 2.30 bits per heavy atom. The normalized spacial score (nSPS) is 10.6. The molecule has 0 fully saturated rings. The molecule has 0 aliphatic heterocycles.